The van der Waals surface area contributed by atoms with Crippen molar-refractivity contribution in [3.8, 4) is 90.5 Å². The van der Waals surface area contributed by atoms with Gasteiger partial charge in [-0.3, -0.25) is 0 Å². The van der Waals surface area contributed by atoms with Gasteiger partial charge in [0.15, 0.2) is 40.5 Å². The molecule has 5 heteroatoms. The van der Waals surface area contributed by atoms with Gasteiger partial charge in [-0.1, -0.05) is 202 Å². The van der Waals surface area contributed by atoms with E-state index in [1.165, 1.54) is 44.5 Å². The van der Waals surface area contributed by atoms with E-state index in [4.69, 9.17) is 24.4 Å². The Hall–Kier alpha value is -8.41. The first-order valence-corrected chi connectivity index (χ1v) is 22.5. The molecule has 0 bridgehead atoms. The lowest BCUT2D eigenvalue weighted by Crippen LogP contribution is -2.28. The largest absolute Gasteiger partial charge is 0.449 e. The van der Waals surface area contributed by atoms with Gasteiger partial charge in [-0.2, -0.15) is 0 Å². The summed E-state index contributed by atoms with van der Waals surface area (Å²) in [6.07, 6.45) is 0. The molecule has 0 spiro atoms. The maximum absolute atomic E-state index is 7.01. The lowest BCUT2D eigenvalue weighted by molar-refractivity contribution is 0.360. The molecule has 9 aromatic carbocycles. The summed E-state index contributed by atoms with van der Waals surface area (Å²) in [4.78, 5) is 15.3. The minimum Gasteiger partial charge on any atom is -0.449 e. The molecule has 10 aromatic rings. The molecular weight excluding hydrogens is 807 g/mol. The fourth-order valence-electron chi connectivity index (χ4n) is 10.8. The van der Waals surface area contributed by atoms with Gasteiger partial charge in [0.2, 0.25) is 0 Å². The summed E-state index contributed by atoms with van der Waals surface area (Å²) in [5.41, 5.74) is 16.3. The van der Waals surface area contributed by atoms with E-state index in [0.29, 0.717) is 40.5 Å². The molecule has 0 radical (unpaired) electrons. The highest BCUT2D eigenvalue weighted by Gasteiger charge is 2.47. The van der Waals surface area contributed by atoms with Crippen LogP contribution in [0.4, 0.5) is 0 Å². The van der Waals surface area contributed by atoms with Crippen LogP contribution in [0.1, 0.15) is 47.2 Å². The number of aromatic nitrogens is 3. The van der Waals surface area contributed by atoms with E-state index in [2.05, 4.69) is 184 Å². The number of hydrogen-bond donors (Lipinski definition) is 0. The quantitative estimate of drug-likeness (QED) is 0.167. The van der Waals surface area contributed by atoms with Gasteiger partial charge < -0.3 is 9.47 Å². The molecule has 0 saturated carbocycles. The minimum atomic E-state index is -0.555. The van der Waals surface area contributed by atoms with E-state index in [0.717, 1.165) is 38.9 Å². The topological polar surface area (TPSA) is 57.1 Å². The lowest BCUT2D eigenvalue weighted by atomic mass is 9.67. The van der Waals surface area contributed by atoms with Crippen LogP contribution in [0.15, 0.2) is 212 Å². The highest BCUT2D eigenvalue weighted by Crippen LogP contribution is 2.60. The Morgan fingerprint density at radius 1 is 0.318 bits per heavy atom. The van der Waals surface area contributed by atoms with Crippen LogP contribution in [0, 0.1) is 0 Å². The van der Waals surface area contributed by atoms with Crippen LogP contribution in [0.3, 0.4) is 0 Å². The fourth-order valence-corrected chi connectivity index (χ4v) is 10.8. The number of fused-ring (bicyclic) bond motifs is 8. The van der Waals surface area contributed by atoms with E-state index in [9.17, 15) is 0 Å². The molecule has 2 aliphatic carbocycles. The first kappa shape index (κ1) is 38.1. The lowest BCUT2D eigenvalue weighted by Gasteiger charge is -2.34. The van der Waals surface area contributed by atoms with E-state index in [1.54, 1.807) is 0 Å². The highest BCUT2D eigenvalue weighted by molar-refractivity contribution is 5.89. The molecule has 0 N–H and O–H groups in total. The van der Waals surface area contributed by atoms with Gasteiger partial charge in [-0.05, 0) is 85.5 Å². The number of benzene rings is 9. The molecule has 0 atom stereocenters. The zero-order valence-corrected chi connectivity index (χ0v) is 36.4. The Morgan fingerprint density at radius 3 is 1.50 bits per heavy atom. The second-order valence-corrected chi connectivity index (χ2v) is 17.9. The number of ether oxygens (including phenoxy) is 2. The molecule has 3 aliphatic rings. The Kier molecular flexibility index (Phi) is 8.40. The maximum Gasteiger partial charge on any atom is 0.177 e. The fraction of sp³-hybridized carbons (Fsp3) is 0.0656. The molecule has 1 aliphatic heterocycles. The third kappa shape index (κ3) is 5.69. The summed E-state index contributed by atoms with van der Waals surface area (Å²) in [6.45, 7) is 4.59. The Bertz CT molecular complexity index is 3510. The van der Waals surface area contributed by atoms with Crippen molar-refractivity contribution in [2.75, 3.05) is 0 Å². The van der Waals surface area contributed by atoms with Crippen LogP contribution in [0.25, 0.3) is 67.5 Å². The molecule has 0 unspecified atom stereocenters. The number of hydrogen-bond acceptors (Lipinski definition) is 5. The predicted octanol–water partition coefficient (Wildman–Crippen LogP) is 15.1. The van der Waals surface area contributed by atoms with Gasteiger partial charge in [0, 0.05) is 27.7 Å². The Balaban J connectivity index is 0.883. The summed E-state index contributed by atoms with van der Waals surface area (Å²) >= 11 is 0. The van der Waals surface area contributed by atoms with Gasteiger partial charge in [0.25, 0.3) is 0 Å². The average Bonchev–Trinajstić information content (AvgIpc) is 3.80. The van der Waals surface area contributed by atoms with E-state index < -0.39 is 5.41 Å². The summed E-state index contributed by atoms with van der Waals surface area (Å²) in [6, 6.07) is 74.7. The molecular formula is C61H41N3O2. The zero-order chi connectivity index (χ0) is 44.0. The maximum atomic E-state index is 7.01. The average molecular weight is 848 g/mol. The van der Waals surface area contributed by atoms with Crippen molar-refractivity contribution in [2.45, 2.75) is 24.7 Å². The Labute approximate surface area is 383 Å². The van der Waals surface area contributed by atoms with Crippen molar-refractivity contribution < 1.29 is 9.47 Å². The number of rotatable bonds is 6. The second kappa shape index (κ2) is 14.6. The molecule has 13 rings (SSSR count). The Morgan fingerprint density at radius 2 is 0.818 bits per heavy atom. The molecule has 0 amide bonds. The number of para-hydroxylation sites is 1. The molecule has 0 saturated heterocycles. The van der Waals surface area contributed by atoms with Gasteiger partial charge in [-0.15, -0.1) is 0 Å². The van der Waals surface area contributed by atoms with Crippen LogP contribution in [0.5, 0.6) is 23.0 Å². The monoisotopic (exact) mass is 847 g/mol. The van der Waals surface area contributed by atoms with Crippen molar-refractivity contribution in [2.24, 2.45) is 0 Å². The molecule has 5 nitrogen and oxygen atoms in total. The van der Waals surface area contributed by atoms with Gasteiger partial charge in [0.1, 0.15) is 0 Å². The van der Waals surface area contributed by atoms with Gasteiger partial charge in [0.05, 0.1) is 5.41 Å². The second-order valence-electron chi connectivity index (χ2n) is 17.9. The molecule has 312 valence electrons. The number of nitrogens with zero attached hydrogens (tertiary/aromatic N) is 3. The van der Waals surface area contributed by atoms with Gasteiger partial charge >= 0.3 is 0 Å². The van der Waals surface area contributed by atoms with E-state index in [1.807, 2.05) is 42.5 Å². The smallest absolute Gasteiger partial charge is 0.177 e. The SMILES string of the molecule is CC1(C)c2ccccc2-c2ccc(-c3nc(-c4ccccc4)nc(-c4ccc(-c5cccc6c5Oc5cc7c(cc5O6)-c5ccccc5C7(c5ccccc5)c5ccccc5)cc4)n3)cc21. The van der Waals surface area contributed by atoms with Crippen molar-refractivity contribution >= 4 is 0 Å². The van der Waals surface area contributed by atoms with Crippen molar-refractivity contribution in [1.82, 2.24) is 15.0 Å². The molecule has 1 aromatic heterocycles. The summed E-state index contributed by atoms with van der Waals surface area (Å²) in [5, 5.41) is 0. The van der Waals surface area contributed by atoms with E-state index in [-0.39, 0.29) is 5.41 Å². The van der Waals surface area contributed by atoms with Crippen LogP contribution in [-0.2, 0) is 10.8 Å². The summed E-state index contributed by atoms with van der Waals surface area (Å²) in [7, 11) is 0. The standard InChI is InChI=1S/C61H41N3O2/c1-60(2)49-26-14-12-23-45(49)47-34-33-41(35-51(47)60)59-63-57(39-17-6-3-7-18-39)62-58(64-59)40-31-29-38(30-32-40)44-25-16-28-53-56(44)66-55-37-52-48(36-54(55)65-53)46-24-13-15-27-50(46)61(52,42-19-8-4-9-20-42)43-21-10-5-11-22-43/h3-37H,1-2H3. The first-order valence-electron chi connectivity index (χ1n) is 22.5. The molecule has 66 heavy (non-hydrogen) atoms. The predicted molar refractivity (Wildman–Crippen MR) is 263 cm³/mol. The minimum absolute atomic E-state index is 0.149. The third-order valence-electron chi connectivity index (χ3n) is 13.9. The highest BCUT2D eigenvalue weighted by atomic mass is 16.6. The molecule has 2 heterocycles. The van der Waals surface area contributed by atoms with Gasteiger partial charge in [-0.25, -0.2) is 15.0 Å². The van der Waals surface area contributed by atoms with Crippen molar-refractivity contribution in [3.05, 3.63) is 246 Å². The van der Waals surface area contributed by atoms with Crippen LogP contribution >= 0.6 is 0 Å². The van der Waals surface area contributed by atoms with Crippen molar-refractivity contribution in [3.63, 3.8) is 0 Å². The first-order chi connectivity index (χ1) is 32.4. The summed E-state index contributed by atoms with van der Waals surface area (Å²) < 4.78 is 13.8. The van der Waals surface area contributed by atoms with Crippen LogP contribution < -0.4 is 9.47 Å². The van der Waals surface area contributed by atoms with E-state index >= 15 is 0 Å². The van der Waals surface area contributed by atoms with Crippen LogP contribution in [-0.4, -0.2) is 15.0 Å². The normalized spacial score (nSPS) is 14.1. The summed E-state index contributed by atoms with van der Waals surface area (Å²) in [5.74, 6) is 4.58. The van der Waals surface area contributed by atoms with Crippen LogP contribution in [0.2, 0.25) is 0 Å². The molecule has 0 fully saturated rings. The third-order valence-corrected chi connectivity index (χ3v) is 13.9. The zero-order valence-electron chi connectivity index (χ0n) is 36.4. The van der Waals surface area contributed by atoms with Crippen molar-refractivity contribution in [1.29, 1.82) is 0 Å².